The summed E-state index contributed by atoms with van der Waals surface area (Å²) in [6.45, 7) is 0. The quantitative estimate of drug-likeness (QED) is 0.521. The number of para-hydroxylation sites is 1. The van der Waals surface area contributed by atoms with Crippen LogP contribution in [0.1, 0.15) is 5.56 Å². The van der Waals surface area contributed by atoms with Crippen molar-refractivity contribution in [3.05, 3.63) is 64.2 Å². The van der Waals surface area contributed by atoms with E-state index >= 15 is 0 Å². The van der Waals surface area contributed by atoms with E-state index in [9.17, 15) is 14.3 Å². The Morgan fingerprint density at radius 2 is 1.75 bits per heavy atom. The number of nitrogen functional groups attached to an aromatic ring is 1. The molecule has 0 aliphatic carbocycles. The van der Waals surface area contributed by atoms with E-state index in [1.54, 1.807) is 24.3 Å². The molecule has 2 aromatic carbocycles. The largest absolute Gasteiger partial charge is 0.399 e. The number of rotatable bonds is 5. The lowest BCUT2D eigenvalue weighted by Gasteiger charge is -2.04. The molecule has 0 aromatic heterocycles. The molecule has 1 unspecified atom stereocenters. The van der Waals surface area contributed by atoms with Crippen molar-refractivity contribution in [2.45, 2.75) is 11.3 Å². The van der Waals surface area contributed by atoms with Crippen LogP contribution in [0.15, 0.2) is 53.4 Å². The van der Waals surface area contributed by atoms with Crippen LogP contribution >= 0.6 is 0 Å². The standard InChI is InChI=1S/C14H14N2O3S/c15-12-7-5-11(6-8-12)9-10-20(19)14-4-2-1-3-13(14)16(17)18/h1-8H,9-10,15H2. The van der Waals surface area contributed by atoms with Gasteiger partial charge in [-0.05, 0) is 30.2 Å². The lowest BCUT2D eigenvalue weighted by atomic mass is 10.2. The highest BCUT2D eigenvalue weighted by Gasteiger charge is 2.17. The van der Waals surface area contributed by atoms with Gasteiger partial charge in [0.1, 0.15) is 4.90 Å². The zero-order valence-electron chi connectivity index (χ0n) is 10.7. The minimum absolute atomic E-state index is 0.0943. The lowest BCUT2D eigenvalue weighted by Crippen LogP contribution is -2.04. The predicted octanol–water partition coefficient (Wildman–Crippen LogP) is 2.53. The Labute approximate surface area is 119 Å². The third-order valence-corrected chi connectivity index (χ3v) is 4.27. The number of hydrogen-bond donors (Lipinski definition) is 1. The van der Waals surface area contributed by atoms with Crippen molar-refractivity contribution in [2.24, 2.45) is 0 Å². The summed E-state index contributed by atoms with van der Waals surface area (Å²) in [5.74, 6) is 0.342. The van der Waals surface area contributed by atoms with E-state index in [0.717, 1.165) is 5.56 Å². The number of nitro groups is 1. The van der Waals surface area contributed by atoms with Gasteiger partial charge in [0.15, 0.2) is 0 Å². The molecule has 0 amide bonds. The van der Waals surface area contributed by atoms with Gasteiger partial charge in [-0.25, -0.2) is 0 Å². The average Bonchev–Trinajstić information content (AvgIpc) is 2.46. The van der Waals surface area contributed by atoms with Crippen molar-refractivity contribution >= 4 is 22.2 Å². The van der Waals surface area contributed by atoms with Gasteiger partial charge in [0.05, 0.1) is 15.7 Å². The van der Waals surface area contributed by atoms with Crippen molar-refractivity contribution in [1.29, 1.82) is 0 Å². The van der Waals surface area contributed by atoms with Gasteiger partial charge in [0.25, 0.3) is 5.69 Å². The van der Waals surface area contributed by atoms with Gasteiger partial charge in [0, 0.05) is 17.5 Å². The first kappa shape index (κ1) is 14.2. The van der Waals surface area contributed by atoms with Crippen molar-refractivity contribution in [2.75, 3.05) is 11.5 Å². The van der Waals surface area contributed by atoms with Crippen LogP contribution in [-0.2, 0) is 17.2 Å². The SMILES string of the molecule is Nc1ccc(CCS(=O)c2ccccc2[N+](=O)[O-])cc1. The first-order valence-corrected chi connectivity index (χ1v) is 7.36. The number of hydrogen-bond acceptors (Lipinski definition) is 4. The highest BCUT2D eigenvalue weighted by molar-refractivity contribution is 7.85. The number of benzene rings is 2. The van der Waals surface area contributed by atoms with Crippen molar-refractivity contribution in [1.82, 2.24) is 0 Å². The van der Waals surface area contributed by atoms with Crippen LogP contribution in [0.2, 0.25) is 0 Å². The van der Waals surface area contributed by atoms with Crippen LogP contribution in [0.3, 0.4) is 0 Å². The van der Waals surface area contributed by atoms with Crippen molar-refractivity contribution in [3.63, 3.8) is 0 Å². The molecule has 6 heteroatoms. The normalized spacial score (nSPS) is 12.0. The third-order valence-electron chi connectivity index (χ3n) is 2.86. The number of anilines is 1. The maximum Gasteiger partial charge on any atom is 0.285 e. The van der Waals surface area contributed by atoms with Crippen LogP contribution in [0.5, 0.6) is 0 Å². The zero-order valence-corrected chi connectivity index (χ0v) is 11.5. The van der Waals surface area contributed by atoms with Crippen LogP contribution in [0, 0.1) is 10.1 Å². The number of nitrogens with zero attached hydrogens (tertiary/aromatic N) is 1. The molecule has 0 fully saturated rings. The summed E-state index contributed by atoms with van der Waals surface area (Å²) in [5.41, 5.74) is 7.18. The van der Waals surface area contributed by atoms with Gasteiger partial charge >= 0.3 is 0 Å². The Bertz CT molecular complexity index is 641. The maximum absolute atomic E-state index is 12.2. The van der Waals surface area contributed by atoms with Gasteiger partial charge in [0.2, 0.25) is 0 Å². The molecule has 0 heterocycles. The molecule has 2 N–H and O–H groups in total. The summed E-state index contributed by atoms with van der Waals surface area (Å²) in [6.07, 6.45) is 0.582. The highest BCUT2D eigenvalue weighted by Crippen LogP contribution is 2.22. The van der Waals surface area contributed by atoms with Crippen molar-refractivity contribution < 1.29 is 9.13 Å². The maximum atomic E-state index is 12.2. The summed E-state index contributed by atoms with van der Waals surface area (Å²) >= 11 is 0. The van der Waals surface area contributed by atoms with E-state index in [4.69, 9.17) is 5.73 Å². The minimum Gasteiger partial charge on any atom is -0.399 e. The van der Waals surface area contributed by atoms with E-state index in [1.807, 2.05) is 12.1 Å². The minimum atomic E-state index is -1.39. The fourth-order valence-electron chi connectivity index (χ4n) is 1.81. The summed E-state index contributed by atoms with van der Waals surface area (Å²) < 4.78 is 12.2. The molecule has 0 saturated heterocycles. The molecule has 0 radical (unpaired) electrons. The molecule has 5 nitrogen and oxygen atoms in total. The Kier molecular flexibility index (Phi) is 4.47. The molecule has 104 valence electrons. The molecule has 0 bridgehead atoms. The fraction of sp³-hybridized carbons (Fsp3) is 0.143. The Hall–Kier alpha value is -2.21. The van der Waals surface area contributed by atoms with Gasteiger partial charge in [-0.1, -0.05) is 24.3 Å². The smallest absolute Gasteiger partial charge is 0.285 e. The molecular weight excluding hydrogens is 276 g/mol. The van der Waals surface area contributed by atoms with E-state index in [1.165, 1.54) is 12.1 Å². The van der Waals surface area contributed by atoms with Gasteiger partial charge in [-0.3, -0.25) is 14.3 Å². The fourth-order valence-corrected chi connectivity index (χ4v) is 3.05. The topological polar surface area (TPSA) is 86.2 Å². The van der Waals surface area contributed by atoms with E-state index < -0.39 is 15.7 Å². The summed E-state index contributed by atoms with van der Waals surface area (Å²) in [4.78, 5) is 10.7. The Balaban J connectivity index is 2.09. The van der Waals surface area contributed by atoms with Gasteiger partial charge < -0.3 is 5.73 Å². The monoisotopic (exact) mass is 290 g/mol. The third kappa shape index (κ3) is 3.42. The second-order valence-electron chi connectivity index (χ2n) is 4.27. The van der Waals surface area contributed by atoms with Crippen LogP contribution in [-0.4, -0.2) is 14.9 Å². The first-order valence-electron chi connectivity index (χ1n) is 6.04. The number of nitrogens with two attached hydrogens (primary N) is 1. The van der Waals surface area contributed by atoms with Crippen LogP contribution in [0.4, 0.5) is 11.4 Å². The Morgan fingerprint density at radius 3 is 2.40 bits per heavy atom. The highest BCUT2D eigenvalue weighted by atomic mass is 32.2. The lowest BCUT2D eigenvalue weighted by molar-refractivity contribution is -0.387. The van der Waals surface area contributed by atoms with E-state index in [-0.39, 0.29) is 10.6 Å². The second kappa shape index (κ2) is 6.29. The molecule has 0 spiro atoms. The zero-order chi connectivity index (χ0) is 14.5. The molecule has 1 atom stereocenters. The summed E-state index contributed by atoms with van der Waals surface area (Å²) in [5, 5.41) is 10.9. The predicted molar refractivity (Wildman–Crippen MR) is 78.9 cm³/mol. The molecule has 0 aliphatic heterocycles. The second-order valence-corrected chi connectivity index (χ2v) is 5.81. The van der Waals surface area contributed by atoms with Gasteiger partial charge in [-0.15, -0.1) is 0 Å². The first-order chi connectivity index (χ1) is 9.58. The summed E-state index contributed by atoms with van der Waals surface area (Å²) in [7, 11) is -1.39. The van der Waals surface area contributed by atoms with Crippen molar-refractivity contribution in [3.8, 4) is 0 Å². The van der Waals surface area contributed by atoms with E-state index in [2.05, 4.69) is 0 Å². The number of aryl methyl sites for hydroxylation is 1. The Morgan fingerprint density at radius 1 is 1.10 bits per heavy atom. The van der Waals surface area contributed by atoms with E-state index in [0.29, 0.717) is 17.9 Å². The molecule has 0 aliphatic rings. The summed E-state index contributed by atoms with van der Waals surface area (Å²) in [6, 6.07) is 13.4. The number of nitro benzene ring substituents is 1. The molecule has 0 saturated carbocycles. The van der Waals surface area contributed by atoms with Gasteiger partial charge in [-0.2, -0.15) is 0 Å². The average molecular weight is 290 g/mol. The van der Waals surface area contributed by atoms with Crippen LogP contribution < -0.4 is 5.73 Å². The molecule has 20 heavy (non-hydrogen) atoms. The van der Waals surface area contributed by atoms with Crippen LogP contribution in [0.25, 0.3) is 0 Å². The molecular formula is C14H14N2O3S. The molecule has 2 rings (SSSR count). The molecule has 2 aromatic rings.